The Labute approximate surface area is 117 Å². The van der Waals surface area contributed by atoms with Gasteiger partial charge in [0.1, 0.15) is 5.82 Å². The molecule has 1 aromatic rings. The summed E-state index contributed by atoms with van der Waals surface area (Å²) in [5.74, 6) is -0.131. The fourth-order valence-corrected chi connectivity index (χ4v) is 2.20. The third kappa shape index (κ3) is 3.58. The lowest BCUT2D eigenvalue weighted by molar-refractivity contribution is 0.171. The first kappa shape index (κ1) is 15.7. The van der Waals surface area contributed by atoms with Gasteiger partial charge in [-0.15, -0.1) is 0 Å². The number of hydrogen-bond donors (Lipinski definition) is 2. The molecule has 102 valence electrons. The van der Waals surface area contributed by atoms with Gasteiger partial charge in [0.15, 0.2) is 0 Å². The van der Waals surface area contributed by atoms with Crippen molar-refractivity contribution in [3.63, 3.8) is 0 Å². The first-order valence-corrected chi connectivity index (χ1v) is 6.56. The Hall–Kier alpha value is -0.350. The lowest BCUT2D eigenvalue weighted by Gasteiger charge is -2.31. The van der Waals surface area contributed by atoms with Crippen LogP contribution in [0.25, 0.3) is 0 Å². The minimum atomic E-state index is -0.785. The van der Waals surface area contributed by atoms with Crippen LogP contribution in [0.1, 0.15) is 26.3 Å². The molecule has 0 aromatic heterocycles. The van der Waals surface area contributed by atoms with Crippen LogP contribution in [0.15, 0.2) is 12.1 Å². The average molecular weight is 294 g/mol. The van der Waals surface area contributed by atoms with Crippen molar-refractivity contribution in [2.45, 2.75) is 26.3 Å². The summed E-state index contributed by atoms with van der Waals surface area (Å²) in [7, 11) is 0. The van der Waals surface area contributed by atoms with Crippen LogP contribution in [-0.2, 0) is 5.54 Å². The second kappa shape index (κ2) is 6.20. The maximum atomic E-state index is 13.5. The number of aliphatic hydroxyl groups excluding tert-OH is 1. The molecule has 0 spiro atoms. The zero-order valence-electron chi connectivity index (χ0n) is 10.7. The average Bonchev–Trinajstić information content (AvgIpc) is 2.31. The second-order valence-electron chi connectivity index (χ2n) is 5.01. The molecule has 0 aliphatic rings. The molecular formula is C13H18Cl2FNO. The van der Waals surface area contributed by atoms with E-state index in [2.05, 4.69) is 19.2 Å². The van der Waals surface area contributed by atoms with Gasteiger partial charge in [0.2, 0.25) is 0 Å². The summed E-state index contributed by atoms with van der Waals surface area (Å²) in [4.78, 5) is 0. The van der Waals surface area contributed by atoms with Gasteiger partial charge in [0.05, 0.1) is 17.2 Å². The van der Waals surface area contributed by atoms with E-state index < -0.39 is 11.4 Å². The maximum Gasteiger partial charge on any atom is 0.142 e. The van der Waals surface area contributed by atoms with Crippen molar-refractivity contribution in [3.8, 4) is 0 Å². The van der Waals surface area contributed by atoms with Crippen LogP contribution in [0.2, 0.25) is 10.0 Å². The van der Waals surface area contributed by atoms with E-state index in [9.17, 15) is 9.50 Å². The summed E-state index contributed by atoms with van der Waals surface area (Å²) in [5, 5.41) is 13.1. The number of hydrogen-bond acceptors (Lipinski definition) is 2. The number of aliphatic hydroxyl groups is 1. The standard InChI is InChI=1S/C13H18Cl2FNO/c1-8(2)6-17-13(3,7-18)9-4-12(16)11(15)5-10(9)14/h4-5,8,17-18H,6-7H2,1-3H3. The number of benzene rings is 1. The van der Waals surface area contributed by atoms with Crippen LogP contribution >= 0.6 is 23.2 Å². The molecule has 18 heavy (non-hydrogen) atoms. The van der Waals surface area contributed by atoms with Crippen LogP contribution < -0.4 is 5.32 Å². The predicted molar refractivity (Wildman–Crippen MR) is 73.7 cm³/mol. The Bertz CT molecular complexity index is 426. The highest BCUT2D eigenvalue weighted by Crippen LogP contribution is 2.32. The molecule has 1 unspecified atom stereocenters. The molecule has 0 aliphatic carbocycles. The third-order valence-corrected chi connectivity index (χ3v) is 3.42. The van der Waals surface area contributed by atoms with Crippen molar-refractivity contribution in [1.82, 2.24) is 5.32 Å². The molecule has 0 radical (unpaired) electrons. The molecule has 5 heteroatoms. The zero-order chi connectivity index (χ0) is 13.9. The minimum Gasteiger partial charge on any atom is -0.394 e. The van der Waals surface area contributed by atoms with Gasteiger partial charge in [-0.1, -0.05) is 37.0 Å². The zero-order valence-corrected chi connectivity index (χ0v) is 12.2. The van der Waals surface area contributed by atoms with E-state index in [0.29, 0.717) is 23.0 Å². The van der Waals surface area contributed by atoms with E-state index in [1.165, 1.54) is 12.1 Å². The van der Waals surface area contributed by atoms with Crippen molar-refractivity contribution < 1.29 is 9.50 Å². The van der Waals surface area contributed by atoms with E-state index in [1.54, 1.807) is 6.92 Å². The van der Waals surface area contributed by atoms with E-state index in [0.717, 1.165) is 0 Å². The van der Waals surface area contributed by atoms with Gasteiger partial charge in [-0.05, 0) is 37.1 Å². The Balaban J connectivity index is 3.11. The number of nitrogens with one attached hydrogen (secondary N) is 1. The topological polar surface area (TPSA) is 32.3 Å². The molecule has 1 atom stereocenters. The molecular weight excluding hydrogens is 276 g/mol. The van der Waals surface area contributed by atoms with Gasteiger partial charge in [-0.2, -0.15) is 0 Å². The van der Waals surface area contributed by atoms with Gasteiger partial charge in [-0.3, -0.25) is 0 Å². The van der Waals surface area contributed by atoms with Crippen LogP contribution in [0.4, 0.5) is 4.39 Å². The molecule has 0 fully saturated rings. The fraction of sp³-hybridized carbons (Fsp3) is 0.538. The highest BCUT2D eigenvalue weighted by Gasteiger charge is 2.29. The molecule has 0 heterocycles. The van der Waals surface area contributed by atoms with E-state index >= 15 is 0 Å². The highest BCUT2D eigenvalue weighted by atomic mass is 35.5. The summed E-state index contributed by atoms with van der Waals surface area (Å²) >= 11 is 11.7. The van der Waals surface area contributed by atoms with Gasteiger partial charge >= 0.3 is 0 Å². The van der Waals surface area contributed by atoms with Gasteiger partial charge in [0.25, 0.3) is 0 Å². The van der Waals surface area contributed by atoms with Crippen LogP contribution in [0, 0.1) is 11.7 Å². The Morgan fingerprint density at radius 2 is 1.94 bits per heavy atom. The monoisotopic (exact) mass is 293 g/mol. The quantitative estimate of drug-likeness (QED) is 0.813. The SMILES string of the molecule is CC(C)CNC(C)(CO)c1cc(F)c(Cl)cc1Cl. The summed E-state index contributed by atoms with van der Waals surface area (Å²) in [6.07, 6.45) is 0. The van der Waals surface area contributed by atoms with Crippen molar-refractivity contribution in [1.29, 1.82) is 0 Å². The molecule has 0 saturated heterocycles. The lowest BCUT2D eigenvalue weighted by Crippen LogP contribution is -2.44. The Morgan fingerprint density at radius 1 is 1.33 bits per heavy atom. The van der Waals surface area contributed by atoms with E-state index in [1.807, 2.05) is 0 Å². The second-order valence-corrected chi connectivity index (χ2v) is 5.83. The maximum absolute atomic E-state index is 13.5. The van der Waals surface area contributed by atoms with Gasteiger partial charge in [0, 0.05) is 5.02 Å². The molecule has 2 N–H and O–H groups in total. The summed E-state index contributed by atoms with van der Waals surface area (Å²) in [6, 6.07) is 2.63. The smallest absolute Gasteiger partial charge is 0.142 e. The van der Waals surface area contributed by atoms with Gasteiger partial charge < -0.3 is 10.4 Å². The van der Waals surface area contributed by atoms with E-state index in [-0.39, 0.29) is 11.6 Å². The van der Waals surface area contributed by atoms with E-state index in [4.69, 9.17) is 23.2 Å². The molecule has 1 rings (SSSR count). The Kier molecular flexibility index (Phi) is 5.41. The molecule has 1 aromatic carbocycles. The summed E-state index contributed by atoms with van der Waals surface area (Å²) in [6.45, 7) is 6.39. The molecule has 0 bridgehead atoms. The fourth-order valence-electron chi connectivity index (χ4n) is 1.61. The van der Waals surface area contributed by atoms with Crippen molar-refractivity contribution in [3.05, 3.63) is 33.6 Å². The largest absolute Gasteiger partial charge is 0.394 e. The number of halogens is 3. The van der Waals surface area contributed by atoms with Crippen LogP contribution in [0.3, 0.4) is 0 Å². The molecule has 2 nitrogen and oxygen atoms in total. The van der Waals surface area contributed by atoms with Crippen molar-refractivity contribution in [2.75, 3.05) is 13.2 Å². The first-order chi connectivity index (χ1) is 8.30. The minimum absolute atomic E-state index is 0.0205. The predicted octanol–water partition coefficient (Wildman–Crippen LogP) is 3.59. The van der Waals surface area contributed by atoms with Crippen LogP contribution in [-0.4, -0.2) is 18.3 Å². The highest BCUT2D eigenvalue weighted by molar-refractivity contribution is 6.35. The number of rotatable bonds is 5. The van der Waals surface area contributed by atoms with Crippen LogP contribution in [0.5, 0.6) is 0 Å². The Morgan fingerprint density at radius 3 is 2.44 bits per heavy atom. The molecule has 0 aliphatic heterocycles. The molecule has 0 amide bonds. The third-order valence-electron chi connectivity index (χ3n) is 2.82. The summed E-state index contributed by atoms with van der Waals surface area (Å²) in [5.41, 5.74) is -0.276. The molecule has 0 saturated carbocycles. The van der Waals surface area contributed by atoms with Crippen molar-refractivity contribution in [2.24, 2.45) is 5.92 Å². The summed E-state index contributed by atoms with van der Waals surface area (Å²) < 4.78 is 13.5. The van der Waals surface area contributed by atoms with Gasteiger partial charge in [-0.25, -0.2) is 4.39 Å². The first-order valence-electron chi connectivity index (χ1n) is 5.81. The normalized spacial score (nSPS) is 14.9. The van der Waals surface area contributed by atoms with Crippen molar-refractivity contribution >= 4 is 23.2 Å². The lowest BCUT2D eigenvalue weighted by atomic mass is 9.92.